The van der Waals surface area contributed by atoms with E-state index in [9.17, 15) is 4.79 Å². The maximum atomic E-state index is 14.0. The minimum Gasteiger partial charge on any atom is -0.495 e. The molecule has 2 aliphatic rings. The first kappa shape index (κ1) is 24.9. The van der Waals surface area contributed by atoms with Gasteiger partial charge in [-0.1, -0.05) is 0 Å². The topological polar surface area (TPSA) is 69.7 Å². The number of amides is 1. The van der Waals surface area contributed by atoms with Crippen LogP contribution in [0.4, 0.5) is 5.69 Å². The number of anilines is 1. The van der Waals surface area contributed by atoms with Crippen LogP contribution in [0, 0.1) is 0 Å². The highest BCUT2D eigenvalue weighted by Crippen LogP contribution is 2.40. The molecule has 0 unspecified atom stereocenters. The normalized spacial score (nSPS) is 16.7. The summed E-state index contributed by atoms with van der Waals surface area (Å²) in [5, 5.41) is 0. The van der Waals surface area contributed by atoms with Gasteiger partial charge in [-0.2, -0.15) is 0 Å². The summed E-state index contributed by atoms with van der Waals surface area (Å²) in [4.78, 5) is 18.1. The molecule has 1 amide bonds. The highest BCUT2D eigenvalue weighted by molar-refractivity contribution is 6.09. The Bertz CT molecular complexity index is 1090. The summed E-state index contributed by atoms with van der Waals surface area (Å²) in [6.45, 7) is 8.27. The second-order valence-electron chi connectivity index (χ2n) is 9.05. The molecule has 35 heavy (non-hydrogen) atoms. The van der Waals surface area contributed by atoms with Gasteiger partial charge in [-0.25, -0.2) is 0 Å². The van der Waals surface area contributed by atoms with E-state index >= 15 is 0 Å². The van der Waals surface area contributed by atoms with Crippen LogP contribution in [-0.2, 0) is 4.74 Å². The largest absolute Gasteiger partial charge is 0.495 e. The lowest BCUT2D eigenvalue weighted by Gasteiger charge is -2.32. The van der Waals surface area contributed by atoms with Gasteiger partial charge in [-0.3, -0.25) is 9.69 Å². The third kappa shape index (κ3) is 5.39. The lowest BCUT2D eigenvalue weighted by atomic mass is 9.99. The number of rotatable bonds is 8. The standard InChI is InChI=1S/C27H34N2O6/c1-27(2)11-10-20-22(35-27)9-7-21(25(20)33-5)26(30)29(13-12-28-14-16-34-17-15-28)19-6-8-23(31-3)24(18-19)32-4/h6-11,18H,12-17H2,1-5H3. The molecule has 8 heteroatoms. The molecule has 0 radical (unpaired) electrons. The summed E-state index contributed by atoms with van der Waals surface area (Å²) >= 11 is 0. The van der Waals surface area contributed by atoms with E-state index in [0.717, 1.165) is 18.7 Å². The molecule has 4 rings (SSSR count). The fourth-order valence-corrected chi connectivity index (χ4v) is 4.37. The predicted molar refractivity (Wildman–Crippen MR) is 135 cm³/mol. The molecule has 0 saturated carbocycles. The molecule has 2 heterocycles. The van der Waals surface area contributed by atoms with Crippen LogP contribution in [0.2, 0.25) is 0 Å². The molecule has 0 spiro atoms. The Morgan fingerprint density at radius 1 is 1.03 bits per heavy atom. The van der Waals surface area contributed by atoms with Gasteiger partial charge >= 0.3 is 0 Å². The quantitative estimate of drug-likeness (QED) is 0.566. The molecule has 2 aromatic carbocycles. The van der Waals surface area contributed by atoms with E-state index in [2.05, 4.69) is 4.90 Å². The zero-order chi connectivity index (χ0) is 25.0. The lowest BCUT2D eigenvalue weighted by molar-refractivity contribution is 0.0391. The molecule has 0 aromatic heterocycles. The molecular formula is C27H34N2O6. The Hall–Kier alpha value is -3.23. The third-order valence-corrected chi connectivity index (χ3v) is 6.28. The van der Waals surface area contributed by atoms with Gasteiger partial charge in [0.05, 0.1) is 45.7 Å². The number of methoxy groups -OCH3 is 3. The van der Waals surface area contributed by atoms with Crippen LogP contribution < -0.4 is 23.8 Å². The van der Waals surface area contributed by atoms with Crippen molar-refractivity contribution in [2.45, 2.75) is 19.4 Å². The van der Waals surface area contributed by atoms with Crippen LogP contribution in [-0.4, -0.2) is 77.1 Å². The predicted octanol–water partition coefficient (Wildman–Crippen LogP) is 3.88. The average molecular weight is 483 g/mol. The molecule has 0 N–H and O–H groups in total. The molecule has 8 nitrogen and oxygen atoms in total. The first-order valence-corrected chi connectivity index (χ1v) is 11.8. The Labute approximate surface area is 207 Å². The molecule has 0 aliphatic carbocycles. The summed E-state index contributed by atoms with van der Waals surface area (Å²) in [5.74, 6) is 2.19. The van der Waals surface area contributed by atoms with Crippen molar-refractivity contribution >= 4 is 17.7 Å². The van der Waals surface area contributed by atoms with E-state index < -0.39 is 5.60 Å². The van der Waals surface area contributed by atoms with Gasteiger partial charge in [0.25, 0.3) is 5.91 Å². The lowest BCUT2D eigenvalue weighted by Crippen LogP contribution is -2.43. The maximum Gasteiger partial charge on any atom is 0.262 e. The molecule has 0 atom stereocenters. The fourth-order valence-electron chi connectivity index (χ4n) is 4.37. The van der Waals surface area contributed by atoms with Gasteiger partial charge in [0, 0.05) is 37.9 Å². The van der Waals surface area contributed by atoms with Crippen molar-refractivity contribution in [1.82, 2.24) is 4.90 Å². The summed E-state index contributed by atoms with van der Waals surface area (Å²) in [6, 6.07) is 9.12. The second kappa shape index (κ2) is 10.6. The molecule has 2 aromatic rings. The number of carbonyl (C=O) groups is 1. The van der Waals surface area contributed by atoms with Crippen LogP contribution in [0.25, 0.3) is 6.08 Å². The summed E-state index contributed by atoms with van der Waals surface area (Å²) in [6.07, 6.45) is 3.93. The highest BCUT2D eigenvalue weighted by atomic mass is 16.5. The maximum absolute atomic E-state index is 14.0. The molecule has 0 bridgehead atoms. The number of ether oxygens (including phenoxy) is 5. The highest BCUT2D eigenvalue weighted by Gasteiger charge is 2.29. The van der Waals surface area contributed by atoms with Crippen molar-refractivity contribution in [3.8, 4) is 23.0 Å². The molecule has 1 fully saturated rings. The first-order valence-electron chi connectivity index (χ1n) is 11.8. The van der Waals surface area contributed by atoms with Crippen LogP contribution in [0.5, 0.6) is 23.0 Å². The van der Waals surface area contributed by atoms with Gasteiger partial charge in [-0.05, 0) is 50.3 Å². The minimum absolute atomic E-state index is 0.164. The zero-order valence-electron chi connectivity index (χ0n) is 21.1. The molecule has 2 aliphatic heterocycles. The fraction of sp³-hybridized carbons (Fsp3) is 0.444. The molecule has 1 saturated heterocycles. The van der Waals surface area contributed by atoms with E-state index in [1.165, 1.54) is 0 Å². The van der Waals surface area contributed by atoms with Crippen molar-refractivity contribution in [2.75, 3.05) is 65.6 Å². The van der Waals surface area contributed by atoms with Crippen molar-refractivity contribution in [2.24, 2.45) is 0 Å². The Morgan fingerprint density at radius 2 is 1.77 bits per heavy atom. The number of morpholine rings is 1. The van der Waals surface area contributed by atoms with Crippen molar-refractivity contribution in [3.63, 3.8) is 0 Å². The SMILES string of the molecule is COc1ccc(N(CCN2CCOCC2)C(=O)c2ccc3c(c2OC)C=CC(C)(C)O3)cc1OC. The van der Waals surface area contributed by atoms with E-state index in [1.807, 2.05) is 50.3 Å². The molecule has 188 valence electrons. The van der Waals surface area contributed by atoms with Crippen LogP contribution >= 0.6 is 0 Å². The number of benzene rings is 2. The number of fused-ring (bicyclic) bond motifs is 1. The summed E-state index contributed by atoms with van der Waals surface area (Å²) in [7, 11) is 4.75. The number of hydrogen-bond donors (Lipinski definition) is 0. The Morgan fingerprint density at radius 3 is 2.46 bits per heavy atom. The third-order valence-electron chi connectivity index (χ3n) is 6.28. The monoisotopic (exact) mass is 482 g/mol. The number of nitrogens with zero attached hydrogens (tertiary/aromatic N) is 2. The molecular weight excluding hydrogens is 448 g/mol. The minimum atomic E-state index is -0.423. The van der Waals surface area contributed by atoms with Crippen LogP contribution in [0.3, 0.4) is 0 Å². The zero-order valence-corrected chi connectivity index (χ0v) is 21.1. The Kier molecular flexibility index (Phi) is 7.52. The summed E-state index contributed by atoms with van der Waals surface area (Å²) < 4.78 is 28.2. The van der Waals surface area contributed by atoms with E-state index in [0.29, 0.717) is 60.6 Å². The van der Waals surface area contributed by atoms with Gasteiger partial charge < -0.3 is 28.6 Å². The second-order valence-corrected chi connectivity index (χ2v) is 9.05. The van der Waals surface area contributed by atoms with Gasteiger partial charge in [0.15, 0.2) is 11.5 Å². The number of hydrogen-bond acceptors (Lipinski definition) is 7. The van der Waals surface area contributed by atoms with Crippen LogP contribution in [0.15, 0.2) is 36.4 Å². The van der Waals surface area contributed by atoms with Gasteiger partial charge in [0.2, 0.25) is 0 Å². The van der Waals surface area contributed by atoms with Crippen molar-refractivity contribution in [1.29, 1.82) is 0 Å². The Balaban J connectivity index is 1.71. The smallest absolute Gasteiger partial charge is 0.262 e. The van der Waals surface area contributed by atoms with E-state index in [-0.39, 0.29) is 5.91 Å². The van der Waals surface area contributed by atoms with Crippen molar-refractivity contribution < 1.29 is 28.5 Å². The van der Waals surface area contributed by atoms with Gasteiger partial charge in [-0.15, -0.1) is 0 Å². The summed E-state index contributed by atoms with van der Waals surface area (Å²) in [5.41, 5.74) is 1.52. The van der Waals surface area contributed by atoms with Crippen LogP contribution in [0.1, 0.15) is 29.8 Å². The van der Waals surface area contributed by atoms with Crippen molar-refractivity contribution in [3.05, 3.63) is 47.5 Å². The first-order chi connectivity index (χ1) is 16.9. The average Bonchev–Trinajstić information content (AvgIpc) is 2.87. The number of carbonyl (C=O) groups excluding carboxylic acids is 1. The van der Waals surface area contributed by atoms with E-state index in [1.54, 1.807) is 32.3 Å². The van der Waals surface area contributed by atoms with Gasteiger partial charge in [0.1, 0.15) is 17.1 Å². The van der Waals surface area contributed by atoms with E-state index in [4.69, 9.17) is 23.7 Å².